The number of sulfonamides is 1. The first kappa shape index (κ1) is 23.0. The van der Waals surface area contributed by atoms with Crippen LogP contribution in [0.15, 0.2) is 83.8 Å². The molecule has 1 N–H and O–H groups in total. The van der Waals surface area contributed by atoms with Gasteiger partial charge >= 0.3 is 5.97 Å². The number of carbonyl (C=O) groups is 2. The third-order valence-corrected chi connectivity index (χ3v) is 6.57. The van der Waals surface area contributed by atoms with Crippen molar-refractivity contribution in [2.45, 2.75) is 18.4 Å². The van der Waals surface area contributed by atoms with Crippen molar-refractivity contribution in [3.05, 3.63) is 95.6 Å². The number of benzene rings is 3. The lowest BCUT2D eigenvalue weighted by Gasteiger charge is -2.19. The lowest BCUT2D eigenvalue weighted by Crippen LogP contribution is -2.28. The van der Waals surface area contributed by atoms with Gasteiger partial charge in [0.05, 0.1) is 16.1 Å². The molecule has 3 aromatic carbocycles. The Morgan fingerprint density at radius 3 is 2.31 bits per heavy atom. The highest BCUT2D eigenvalue weighted by Crippen LogP contribution is 2.22. The summed E-state index contributed by atoms with van der Waals surface area (Å²) in [5.41, 5.74) is 2.58. The van der Waals surface area contributed by atoms with Crippen LogP contribution in [-0.4, -0.2) is 33.9 Å². The SMILES string of the molecule is Cc1ccc(CNC(=O)COC(=O)c2cccc(S(=O)(=O)N(C)c3ccccc3)c2)cc1. The van der Waals surface area contributed by atoms with Gasteiger partial charge in [-0.2, -0.15) is 0 Å². The minimum absolute atomic E-state index is 0.0406. The molecule has 3 rings (SSSR count). The van der Waals surface area contributed by atoms with Gasteiger partial charge in [0, 0.05) is 13.6 Å². The molecule has 0 aliphatic carbocycles. The van der Waals surface area contributed by atoms with Crippen LogP contribution in [0.25, 0.3) is 0 Å². The average Bonchev–Trinajstić information content (AvgIpc) is 2.82. The molecule has 0 atom stereocenters. The number of para-hydroxylation sites is 1. The summed E-state index contributed by atoms with van der Waals surface area (Å²) in [5.74, 6) is -1.23. The molecule has 0 fully saturated rings. The standard InChI is InChI=1S/C24H24N2O5S/c1-18-11-13-19(14-12-18)16-25-23(27)17-31-24(28)20-7-6-10-22(15-20)32(29,30)26(2)21-8-4-3-5-9-21/h3-15H,16-17H2,1-2H3,(H,25,27). The molecule has 0 aliphatic rings. The van der Waals surface area contributed by atoms with Crippen LogP contribution in [0.2, 0.25) is 0 Å². The summed E-state index contributed by atoms with van der Waals surface area (Å²) in [6.45, 7) is 1.82. The van der Waals surface area contributed by atoms with Gasteiger partial charge in [0.25, 0.3) is 15.9 Å². The number of amides is 1. The van der Waals surface area contributed by atoms with Crippen LogP contribution in [-0.2, 0) is 26.1 Å². The quantitative estimate of drug-likeness (QED) is 0.530. The van der Waals surface area contributed by atoms with Crippen LogP contribution in [0.5, 0.6) is 0 Å². The number of nitrogens with zero attached hydrogens (tertiary/aromatic N) is 1. The normalized spacial score (nSPS) is 10.9. The highest BCUT2D eigenvalue weighted by atomic mass is 32.2. The Morgan fingerprint density at radius 2 is 1.62 bits per heavy atom. The van der Waals surface area contributed by atoms with Gasteiger partial charge in [-0.3, -0.25) is 9.10 Å². The topological polar surface area (TPSA) is 92.8 Å². The average molecular weight is 453 g/mol. The van der Waals surface area contributed by atoms with Gasteiger partial charge in [-0.05, 0) is 42.8 Å². The number of carbonyl (C=O) groups excluding carboxylic acids is 2. The van der Waals surface area contributed by atoms with Crippen molar-refractivity contribution in [3.8, 4) is 0 Å². The maximum absolute atomic E-state index is 12.9. The Hall–Kier alpha value is -3.65. The first-order valence-electron chi connectivity index (χ1n) is 9.91. The van der Waals surface area contributed by atoms with Gasteiger partial charge in [0.15, 0.2) is 6.61 Å². The maximum Gasteiger partial charge on any atom is 0.338 e. The van der Waals surface area contributed by atoms with Crippen LogP contribution in [0.4, 0.5) is 5.69 Å². The highest BCUT2D eigenvalue weighted by molar-refractivity contribution is 7.92. The molecule has 0 bridgehead atoms. The molecule has 166 valence electrons. The van der Waals surface area contributed by atoms with Crippen LogP contribution in [0.1, 0.15) is 21.5 Å². The molecule has 1 amide bonds. The van der Waals surface area contributed by atoms with E-state index in [2.05, 4.69) is 5.32 Å². The number of aryl methyl sites for hydroxylation is 1. The van der Waals surface area contributed by atoms with Crippen molar-refractivity contribution >= 4 is 27.6 Å². The Morgan fingerprint density at radius 1 is 0.938 bits per heavy atom. The van der Waals surface area contributed by atoms with E-state index < -0.39 is 28.5 Å². The zero-order valence-electron chi connectivity index (χ0n) is 17.8. The van der Waals surface area contributed by atoms with E-state index in [0.29, 0.717) is 12.2 Å². The second-order valence-electron chi connectivity index (χ2n) is 7.17. The molecule has 0 radical (unpaired) electrons. The molecule has 0 spiro atoms. The fourth-order valence-corrected chi connectivity index (χ4v) is 4.13. The van der Waals surface area contributed by atoms with Gasteiger partial charge in [0.2, 0.25) is 0 Å². The highest BCUT2D eigenvalue weighted by Gasteiger charge is 2.22. The van der Waals surface area contributed by atoms with Gasteiger partial charge < -0.3 is 10.1 Å². The van der Waals surface area contributed by atoms with Crippen molar-refractivity contribution in [3.63, 3.8) is 0 Å². The summed E-state index contributed by atoms with van der Waals surface area (Å²) in [6, 6.07) is 21.8. The van der Waals surface area contributed by atoms with Crippen molar-refractivity contribution in [2.75, 3.05) is 18.0 Å². The van der Waals surface area contributed by atoms with E-state index in [1.165, 1.54) is 31.3 Å². The minimum atomic E-state index is -3.88. The van der Waals surface area contributed by atoms with Crippen LogP contribution < -0.4 is 9.62 Å². The Bertz CT molecular complexity index is 1190. The Labute approximate surface area is 187 Å². The fraction of sp³-hybridized carbons (Fsp3) is 0.167. The molecule has 0 unspecified atom stereocenters. The van der Waals surface area contributed by atoms with E-state index in [1.807, 2.05) is 31.2 Å². The Balaban J connectivity index is 1.61. The molecule has 7 nitrogen and oxygen atoms in total. The molecular weight excluding hydrogens is 428 g/mol. The molecular formula is C24H24N2O5S. The van der Waals surface area contributed by atoms with Crippen LogP contribution >= 0.6 is 0 Å². The summed E-state index contributed by atoms with van der Waals surface area (Å²) in [5, 5.41) is 2.68. The monoisotopic (exact) mass is 452 g/mol. The molecule has 8 heteroatoms. The van der Waals surface area contributed by atoms with E-state index in [9.17, 15) is 18.0 Å². The Kier molecular flexibility index (Phi) is 7.27. The van der Waals surface area contributed by atoms with Crippen molar-refractivity contribution in [1.82, 2.24) is 5.32 Å². The molecule has 0 heterocycles. The van der Waals surface area contributed by atoms with E-state index in [1.54, 1.807) is 30.3 Å². The zero-order chi connectivity index (χ0) is 23.1. The predicted octanol–water partition coefficient (Wildman–Crippen LogP) is 3.29. The molecule has 3 aromatic rings. The minimum Gasteiger partial charge on any atom is -0.452 e. The number of hydrogen-bond donors (Lipinski definition) is 1. The first-order chi connectivity index (χ1) is 15.3. The number of hydrogen-bond acceptors (Lipinski definition) is 5. The fourth-order valence-electron chi connectivity index (χ4n) is 2.89. The van der Waals surface area contributed by atoms with Gasteiger partial charge in [-0.25, -0.2) is 13.2 Å². The second-order valence-corrected chi connectivity index (χ2v) is 9.14. The third-order valence-electron chi connectivity index (χ3n) is 4.79. The molecule has 0 saturated heterocycles. The first-order valence-corrected chi connectivity index (χ1v) is 11.3. The number of nitrogens with one attached hydrogen (secondary N) is 1. The van der Waals surface area contributed by atoms with Crippen molar-refractivity contribution in [2.24, 2.45) is 0 Å². The zero-order valence-corrected chi connectivity index (χ0v) is 18.6. The van der Waals surface area contributed by atoms with E-state index in [-0.39, 0.29) is 10.5 Å². The second kappa shape index (κ2) is 10.1. The van der Waals surface area contributed by atoms with Crippen LogP contribution in [0, 0.1) is 6.92 Å². The summed E-state index contributed by atoms with van der Waals surface area (Å²) in [7, 11) is -2.44. The smallest absolute Gasteiger partial charge is 0.338 e. The van der Waals surface area contributed by atoms with Crippen LogP contribution in [0.3, 0.4) is 0 Å². The van der Waals surface area contributed by atoms with Gasteiger partial charge in [-0.1, -0.05) is 54.1 Å². The largest absolute Gasteiger partial charge is 0.452 e. The summed E-state index contributed by atoms with van der Waals surface area (Å²) >= 11 is 0. The predicted molar refractivity (Wildman–Crippen MR) is 122 cm³/mol. The lowest BCUT2D eigenvalue weighted by molar-refractivity contribution is -0.124. The van der Waals surface area contributed by atoms with E-state index >= 15 is 0 Å². The molecule has 32 heavy (non-hydrogen) atoms. The summed E-state index contributed by atoms with van der Waals surface area (Å²) in [4.78, 5) is 24.3. The summed E-state index contributed by atoms with van der Waals surface area (Å²) in [6.07, 6.45) is 0. The van der Waals surface area contributed by atoms with Crippen molar-refractivity contribution in [1.29, 1.82) is 0 Å². The number of ether oxygens (including phenoxy) is 1. The van der Waals surface area contributed by atoms with Gasteiger partial charge in [0.1, 0.15) is 0 Å². The summed E-state index contributed by atoms with van der Waals surface area (Å²) < 4.78 is 32.0. The van der Waals surface area contributed by atoms with Gasteiger partial charge in [-0.15, -0.1) is 0 Å². The lowest BCUT2D eigenvalue weighted by atomic mass is 10.1. The van der Waals surface area contributed by atoms with E-state index in [0.717, 1.165) is 15.4 Å². The maximum atomic E-state index is 12.9. The molecule has 0 aromatic heterocycles. The van der Waals surface area contributed by atoms with E-state index in [4.69, 9.17) is 4.74 Å². The molecule has 0 aliphatic heterocycles. The number of anilines is 1. The number of esters is 1. The third kappa shape index (κ3) is 5.73. The number of rotatable bonds is 8. The molecule has 0 saturated carbocycles. The van der Waals surface area contributed by atoms with Crippen molar-refractivity contribution < 1.29 is 22.7 Å².